The largest absolute Gasteiger partial charge is 0.352 e. The fourth-order valence-corrected chi connectivity index (χ4v) is 2.44. The minimum atomic E-state index is -0.195. The van der Waals surface area contributed by atoms with Crippen LogP contribution in [0.5, 0.6) is 0 Å². The predicted octanol–water partition coefficient (Wildman–Crippen LogP) is 2.82. The number of H-pyrrole nitrogens is 1. The van der Waals surface area contributed by atoms with Gasteiger partial charge in [0.2, 0.25) is 0 Å². The van der Waals surface area contributed by atoms with Gasteiger partial charge in [-0.3, -0.25) is 4.79 Å². The van der Waals surface area contributed by atoms with E-state index in [1.54, 1.807) is 29.3 Å². The van der Waals surface area contributed by atoms with E-state index < -0.39 is 0 Å². The third-order valence-corrected chi connectivity index (χ3v) is 3.82. The molecule has 23 heavy (non-hydrogen) atoms. The number of nitrogens with zero attached hydrogens (tertiary/aromatic N) is 3. The SMILES string of the molecule is CC(NC(=O)c1ccc[nH]c1=S)c1ccc(-n2cncn2)cc1. The highest BCUT2D eigenvalue weighted by molar-refractivity contribution is 7.71. The highest BCUT2D eigenvalue weighted by Gasteiger charge is 2.12. The van der Waals surface area contributed by atoms with E-state index in [2.05, 4.69) is 20.4 Å². The Balaban J connectivity index is 1.73. The van der Waals surface area contributed by atoms with Crippen LogP contribution in [0.25, 0.3) is 5.69 Å². The lowest BCUT2D eigenvalue weighted by atomic mass is 10.1. The van der Waals surface area contributed by atoms with E-state index in [9.17, 15) is 4.79 Å². The molecule has 3 rings (SSSR count). The second kappa shape index (κ2) is 6.53. The van der Waals surface area contributed by atoms with Crippen LogP contribution in [-0.4, -0.2) is 25.7 Å². The highest BCUT2D eigenvalue weighted by Crippen LogP contribution is 2.16. The van der Waals surface area contributed by atoms with Crippen LogP contribution in [0, 0.1) is 4.64 Å². The number of hydrogen-bond acceptors (Lipinski definition) is 4. The van der Waals surface area contributed by atoms with Gasteiger partial charge in [-0.05, 0) is 36.8 Å². The summed E-state index contributed by atoms with van der Waals surface area (Å²) in [5.41, 5.74) is 2.37. The van der Waals surface area contributed by atoms with Gasteiger partial charge in [0.05, 0.1) is 17.3 Å². The van der Waals surface area contributed by atoms with Crippen molar-refractivity contribution in [2.75, 3.05) is 0 Å². The van der Waals surface area contributed by atoms with Gasteiger partial charge in [0.15, 0.2) is 0 Å². The van der Waals surface area contributed by atoms with Crippen LogP contribution in [0.2, 0.25) is 0 Å². The standard InChI is InChI=1S/C16H15N5OS/c1-11(20-15(22)14-3-2-8-18-16(14)23)12-4-6-13(7-5-12)21-10-17-9-19-21/h2-11H,1H3,(H,18,23)(H,20,22). The monoisotopic (exact) mass is 325 g/mol. The Bertz CT molecular complexity index is 855. The Kier molecular flexibility index (Phi) is 4.29. The molecule has 0 aliphatic rings. The Morgan fingerprint density at radius 3 is 2.74 bits per heavy atom. The minimum absolute atomic E-state index is 0.137. The highest BCUT2D eigenvalue weighted by atomic mass is 32.1. The van der Waals surface area contributed by atoms with Gasteiger partial charge in [-0.15, -0.1) is 0 Å². The fourth-order valence-electron chi connectivity index (χ4n) is 2.22. The van der Waals surface area contributed by atoms with E-state index in [1.807, 2.05) is 31.2 Å². The molecule has 7 heteroatoms. The lowest BCUT2D eigenvalue weighted by Gasteiger charge is -2.15. The molecule has 1 aromatic carbocycles. The molecule has 0 saturated heterocycles. The second-order valence-corrected chi connectivity index (χ2v) is 5.45. The number of aromatic amines is 1. The molecule has 0 spiro atoms. The molecule has 116 valence electrons. The molecule has 0 aliphatic carbocycles. The molecule has 0 radical (unpaired) electrons. The average Bonchev–Trinajstić information content (AvgIpc) is 3.09. The van der Waals surface area contributed by atoms with E-state index in [0.29, 0.717) is 10.2 Å². The number of rotatable bonds is 4. The van der Waals surface area contributed by atoms with Crippen LogP contribution >= 0.6 is 12.2 Å². The molecule has 1 unspecified atom stereocenters. The van der Waals surface area contributed by atoms with Crippen molar-refractivity contribution < 1.29 is 4.79 Å². The van der Waals surface area contributed by atoms with E-state index in [1.165, 1.54) is 6.33 Å². The van der Waals surface area contributed by atoms with Gasteiger partial charge >= 0.3 is 0 Å². The molecule has 1 amide bonds. The fraction of sp³-hybridized carbons (Fsp3) is 0.125. The van der Waals surface area contributed by atoms with E-state index in [4.69, 9.17) is 12.2 Å². The van der Waals surface area contributed by atoms with Gasteiger partial charge in [-0.25, -0.2) is 9.67 Å². The number of carbonyl (C=O) groups excluding carboxylic acids is 1. The number of benzene rings is 1. The number of pyridine rings is 1. The summed E-state index contributed by atoms with van der Waals surface area (Å²) >= 11 is 5.13. The van der Waals surface area contributed by atoms with Gasteiger partial charge in [0.1, 0.15) is 17.3 Å². The summed E-state index contributed by atoms with van der Waals surface area (Å²) in [4.78, 5) is 19.1. The van der Waals surface area contributed by atoms with E-state index in [-0.39, 0.29) is 11.9 Å². The number of hydrogen-bond donors (Lipinski definition) is 2. The van der Waals surface area contributed by atoms with Gasteiger partial charge in [-0.1, -0.05) is 24.4 Å². The molecule has 3 aromatic rings. The maximum Gasteiger partial charge on any atom is 0.254 e. The molecule has 0 bridgehead atoms. The quantitative estimate of drug-likeness (QED) is 0.723. The summed E-state index contributed by atoms with van der Waals surface area (Å²) in [6.07, 6.45) is 4.82. The van der Waals surface area contributed by atoms with Gasteiger partial charge < -0.3 is 10.3 Å². The Labute approximate surface area is 138 Å². The number of amides is 1. The van der Waals surface area contributed by atoms with Crippen LogP contribution in [0.15, 0.2) is 55.2 Å². The zero-order chi connectivity index (χ0) is 16.2. The maximum absolute atomic E-state index is 12.3. The van der Waals surface area contributed by atoms with Crippen molar-refractivity contribution in [2.45, 2.75) is 13.0 Å². The zero-order valence-corrected chi connectivity index (χ0v) is 13.2. The Morgan fingerprint density at radius 1 is 1.30 bits per heavy atom. The summed E-state index contributed by atoms with van der Waals surface area (Å²) in [5.74, 6) is -0.195. The van der Waals surface area contributed by atoms with Crippen LogP contribution in [-0.2, 0) is 0 Å². The smallest absolute Gasteiger partial charge is 0.254 e. The maximum atomic E-state index is 12.3. The van der Waals surface area contributed by atoms with E-state index in [0.717, 1.165) is 11.3 Å². The molecular weight excluding hydrogens is 310 g/mol. The summed E-state index contributed by atoms with van der Waals surface area (Å²) in [5, 5.41) is 7.03. The molecule has 1 atom stereocenters. The minimum Gasteiger partial charge on any atom is -0.352 e. The number of carbonyl (C=O) groups is 1. The third-order valence-electron chi connectivity index (χ3n) is 3.49. The molecule has 0 fully saturated rings. The van der Waals surface area contributed by atoms with Crippen LogP contribution in [0.4, 0.5) is 0 Å². The number of nitrogens with one attached hydrogen (secondary N) is 2. The van der Waals surface area contributed by atoms with Crippen molar-refractivity contribution in [2.24, 2.45) is 0 Å². The van der Waals surface area contributed by atoms with Crippen molar-refractivity contribution in [3.8, 4) is 5.69 Å². The lowest BCUT2D eigenvalue weighted by Crippen LogP contribution is -2.27. The molecule has 6 nitrogen and oxygen atoms in total. The van der Waals surface area contributed by atoms with Crippen LogP contribution in [0.3, 0.4) is 0 Å². The molecule has 2 heterocycles. The summed E-state index contributed by atoms with van der Waals surface area (Å²) < 4.78 is 2.11. The average molecular weight is 325 g/mol. The summed E-state index contributed by atoms with van der Waals surface area (Å²) in [6.45, 7) is 1.93. The molecule has 2 aromatic heterocycles. The number of aromatic nitrogens is 4. The van der Waals surface area contributed by atoms with Gasteiger partial charge in [0.25, 0.3) is 5.91 Å². The Morgan fingerprint density at radius 2 is 2.09 bits per heavy atom. The topological polar surface area (TPSA) is 75.6 Å². The first kappa shape index (κ1) is 15.1. The molecule has 0 saturated carbocycles. The van der Waals surface area contributed by atoms with Gasteiger partial charge in [-0.2, -0.15) is 5.10 Å². The zero-order valence-electron chi connectivity index (χ0n) is 12.4. The predicted molar refractivity (Wildman–Crippen MR) is 88.9 cm³/mol. The summed E-state index contributed by atoms with van der Waals surface area (Å²) in [6, 6.07) is 11.1. The molecular formula is C16H15N5OS. The Hall–Kier alpha value is -2.80. The van der Waals surface area contributed by atoms with Crippen molar-refractivity contribution >= 4 is 18.1 Å². The second-order valence-electron chi connectivity index (χ2n) is 5.04. The van der Waals surface area contributed by atoms with Crippen molar-refractivity contribution in [3.63, 3.8) is 0 Å². The van der Waals surface area contributed by atoms with Gasteiger partial charge in [0, 0.05) is 6.20 Å². The normalized spacial score (nSPS) is 11.9. The van der Waals surface area contributed by atoms with Crippen molar-refractivity contribution in [1.82, 2.24) is 25.1 Å². The molecule has 0 aliphatic heterocycles. The first-order chi connectivity index (χ1) is 11.1. The summed E-state index contributed by atoms with van der Waals surface area (Å²) in [7, 11) is 0. The van der Waals surface area contributed by atoms with E-state index >= 15 is 0 Å². The molecule has 2 N–H and O–H groups in total. The van der Waals surface area contributed by atoms with Crippen LogP contribution < -0.4 is 5.32 Å². The first-order valence-corrected chi connectivity index (χ1v) is 7.49. The lowest BCUT2D eigenvalue weighted by molar-refractivity contribution is 0.0939. The van der Waals surface area contributed by atoms with Crippen molar-refractivity contribution in [3.05, 3.63) is 71.0 Å². The third kappa shape index (κ3) is 3.35. The van der Waals surface area contributed by atoms with Crippen LogP contribution in [0.1, 0.15) is 28.9 Å². The first-order valence-electron chi connectivity index (χ1n) is 7.08. The van der Waals surface area contributed by atoms with Crippen molar-refractivity contribution in [1.29, 1.82) is 0 Å².